The lowest BCUT2D eigenvalue weighted by atomic mass is 10.1. The van der Waals surface area contributed by atoms with E-state index in [9.17, 15) is 0 Å². The van der Waals surface area contributed by atoms with Crippen LogP contribution in [0.5, 0.6) is 0 Å². The van der Waals surface area contributed by atoms with Gasteiger partial charge in [0.2, 0.25) is 5.00 Å². The first-order valence-electron chi connectivity index (χ1n) is 3.20. The lowest BCUT2D eigenvalue weighted by molar-refractivity contribution is 0.873. The molecule has 0 aliphatic rings. The Morgan fingerprint density at radius 1 is 1.60 bits per heavy atom. The summed E-state index contributed by atoms with van der Waals surface area (Å²) in [5.41, 5.74) is 1.27. The van der Waals surface area contributed by atoms with Crippen LogP contribution in [0.2, 0.25) is 0 Å². The van der Waals surface area contributed by atoms with E-state index < -0.39 is 0 Å². The molecule has 0 spiro atoms. The van der Waals surface area contributed by atoms with Crippen LogP contribution in [0.15, 0.2) is 11.4 Å². The fourth-order valence-corrected chi connectivity index (χ4v) is 1.55. The highest BCUT2D eigenvalue weighted by Crippen LogP contribution is 2.27. The summed E-state index contributed by atoms with van der Waals surface area (Å²) in [4.78, 5) is 3.34. The Morgan fingerprint density at radius 2 is 2.30 bits per heavy atom. The SMILES string of the molecule is [C-]#[N+]c1cc(C(C)C)cs1. The monoisotopic (exact) mass is 151 g/mol. The van der Waals surface area contributed by atoms with E-state index >= 15 is 0 Å². The van der Waals surface area contributed by atoms with Crippen molar-refractivity contribution < 1.29 is 0 Å². The molecule has 0 aliphatic carbocycles. The van der Waals surface area contributed by atoms with Crippen LogP contribution in [0.4, 0.5) is 5.00 Å². The quantitative estimate of drug-likeness (QED) is 0.542. The molecule has 0 radical (unpaired) electrons. The van der Waals surface area contributed by atoms with E-state index in [0.29, 0.717) is 5.92 Å². The molecular weight excluding hydrogens is 142 g/mol. The predicted octanol–water partition coefficient (Wildman–Crippen LogP) is 3.42. The summed E-state index contributed by atoms with van der Waals surface area (Å²) >= 11 is 1.52. The van der Waals surface area contributed by atoms with Crippen LogP contribution < -0.4 is 0 Å². The van der Waals surface area contributed by atoms with Crippen LogP contribution in [-0.4, -0.2) is 0 Å². The summed E-state index contributed by atoms with van der Waals surface area (Å²) in [7, 11) is 0. The van der Waals surface area contributed by atoms with Gasteiger partial charge in [0.1, 0.15) is 0 Å². The summed E-state index contributed by atoms with van der Waals surface area (Å²) in [6.45, 7) is 11.0. The maximum absolute atomic E-state index is 6.73. The molecule has 0 N–H and O–H groups in total. The molecule has 0 atom stereocenters. The minimum atomic E-state index is 0.548. The number of hydrogen-bond donors (Lipinski definition) is 0. The molecule has 1 aromatic heterocycles. The lowest BCUT2D eigenvalue weighted by Crippen LogP contribution is -1.79. The molecule has 52 valence electrons. The third-order valence-corrected chi connectivity index (χ3v) is 2.22. The van der Waals surface area contributed by atoms with Gasteiger partial charge in [-0.05, 0) is 22.9 Å². The fourth-order valence-electron chi connectivity index (χ4n) is 0.700. The molecule has 1 heterocycles. The fraction of sp³-hybridized carbons (Fsp3) is 0.375. The van der Waals surface area contributed by atoms with Gasteiger partial charge in [0.05, 0.1) is 6.57 Å². The maximum Gasteiger partial charge on any atom is 0.241 e. The van der Waals surface area contributed by atoms with Crippen molar-refractivity contribution in [2.75, 3.05) is 0 Å². The zero-order valence-electron chi connectivity index (χ0n) is 6.09. The van der Waals surface area contributed by atoms with Crippen molar-refractivity contribution in [1.82, 2.24) is 0 Å². The van der Waals surface area contributed by atoms with Crippen molar-refractivity contribution in [2.24, 2.45) is 0 Å². The standard InChI is InChI=1S/C8H9NS/c1-6(2)7-4-8(9-3)10-5-7/h4-6H,1-2H3. The number of hydrogen-bond acceptors (Lipinski definition) is 1. The Hall–Kier alpha value is -0.810. The first kappa shape index (κ1) is 7.30. The third-order valence-electron chi connectivity index (χ3n) is 1.38. The Balaban J connectivity index is 2.91. The second-order valence-corrected chi connectivity index (χ2v) is 3.37. The van der Waals surface area contributed by atoms with E-state index in [1.165, 1.54) is 16.9 Å². The average molecular weight is 151 g/mol. The summed E-state index contributed by atoms with van der Waals surface area (Å²) < 4.78 is 0. The molecule has 0 aromatic carbocycles. The summed E-state index contributed by atoms with van der Waals surface area (Å²) in [5.74, 6) is 0.548. The second-order valence-electron chi connectivity index (χ2n) is 2.48. The topological polar surface area (TPSA) is 4.36 Å². The van der Waals surface area contributed by atoms with Crippen molar-refractivity contribution in [3.8, 4) is 0 Å². The normalized spacial score (nSPS) is 9.80. The van der Waals surface area contributed by atoms with Crippen molar-refractivity contribution >= 4 is 16.3 Å². The summed E-state index contributed by atoms with van der Waals surface area (Å²) in [6.07, 6.45) is 0. The molecule has 0 saturated heterocycles. The van der Waals surface area contributed by atoms with Gasteiger partial charge in [0.25, 0.3) is 0 Å². The van der Waals surface area contributed by atoms with Crippen LogP contribution in [0, 0.1) is 6.57 Å². The number of rotatable bonds is 1. The minimum absolute atomic E-state index is 0.548. The zero-order valence-corrected chi connectivity index (χ0v) is 6.90. The van der Waals surface area contributed by atoms with E-state index in [0.717, 1.165) is 5.00 Å². The van der Waals surface area contributed by atoms with Gasteiger partial charge in [-0.1, -0.05) is 13.8 Å². The Morgan fingerprint density at radius 3 is 2.60 bits per heavy atom. The van der Waals surface area contributed by atoms with Gasteiger partial charge in [-0.25, -0.2) is 4.85 Å². The summed E-state index contributed by atoms with van der Waals surface area (Å²) in [5, 5.41) is 2.85. The largest absolute Gasteiger partial charge is 0.241 e. The van der Waals surface area contributed by atoms with Gasteiger partial charge in [-0.3, -0.25) is 0 Å². The first-order chi connectivity index (χ1) is 4.74. The van der Waals surface area contributed by atoms with Gasteiger partial charge < -0.3 is 0 Å². The van der Waals surface area contributed by atoms with Crippen molar-refractivity contribution in [3.05, 3.63) is 28.4 Å². The van der Waals surface area contributed by atoms with E-state index in [2.05, 4.69) is 24.1 Å². The molecule has 0 aliphatic heterocycles. The number of thiophene rings is 1. The zero-order chi connectivity index (χ0) is 7.56. The van der Waals surface area contributed by atoms with Crippen LogP contribution in [0.3, 0.4) is 0 Å². The Kier molecular flexibility index (Phi) is 2.08. The Bertz CT molecular complexity index is 254. The highest BCUT2D eigenvalue weighted by Gasteiger charge is 2.01. The summed E-state index contributed by atoms with van der Waals surface area (Å²) in [6, 6.07) is 1.96. The molecule has 0 bridgehead atoms. The molecule has 0 saturated carbocycles. The predicted molar refractivity (Wildman–Crippen MR) is 44.7 cm³/mol. The van der Waals surface area contributed by atoms with E-state index in [1.807, 2.05) is 6.07 Å². The molecular formula is C8H9NS. The van der Waals surface area contributed by atoms with Gasteiger partial charge in [0.15, 0.2) is 0 Å². The highest BCUT2D eigenvalue weighted by molar-refractivity contribution is 7.14. The molecule has 1 aromatic rings. The van der Waals surface area contributed by atoms with Crippen LogP contribution in [0.25, 0.3) is 4.85 Å². The third kappa shape index (κ3) is 1.37. The molecule has 2 heteroatoms. The van der Waals surface area contributed by atoms with Crippen molar-refractivity contribution in [1.29, 1.82) is 0 Å². The smallest absolute Gasteiger partial charge is 0.227 e. The molecule has 1 nitrogen and oxygen atoms in total. The molecule has 10 heavy (non-hydrogen) atoms. The molecule has 1 rings (SSSR count). The van der Waals surface area contributed by atoms with Gasteiger partial charge in [-0.2, -0.15) is 11.3 Å². The Labute approximate surface area is 65.1 Å². The highest BCUT2D eigenvalue weighted by atomic mass is 32.1. The van der Waals surface area contributed by atoms with Crippen LogP contribution >= 0.6 is 11.3 Å². The maximum atomic E-state index is 6.73. The van der Waals surface area contributed by atoms with Gasteiger partial charge in [0, 0.05) is 0 Å². The molecule has 0 fully saturated rings. The van der Waals surface area contributed by atoms with Gasteiger partial charge >= 0.3 is 0 Å². The molecule has 0 amide bonds. The average Bonchev–Trinajstić information content (AvgIpc) is 2.34. The van der Waals surface area contributed by atoms with E-state index in [-0.39, 0.29) is 0 Å². The van der Waals surface area contributed by atoms with Crippen molar-refractivity contribution in [3.63, 3.8) is 0 Å². The minimum Gasteiger partial charge on any atom is -0.227 e. The first-order valence-corrected chi connectivity index (χ1v) is 4.08. The number of nitrogens with zero attached hydrogens (tertiary/aromatic N) is 1. The van der Waals surface area contributed by atoms with Crippen LogP contribution in [0.1, 0.15) is 25.3 Å². The lowest BCUT2D eigenvalue weighted by Gasteiger charge is -1.96. The van der Waals surface area contributed by atoms with Gasteiger partial charge in [-0.15, -0.1) is 0 Å². The second kappa shape index (κ2) is 2.85. The van der Waals surface area contributed by atoms with E-state index in [4.69, 9.17) is 6.57 Å². The van der Waals surface area contributed by atoms with Crippen LogP contribution in [-0.2, 0) is 0 Å². The molecule has 0 unspecified atom stereocenters. The van der Waals surface area contributed by atoms with Crippen molar-refractivity contribution in [2.45, 2.75) is 19.8 Å². The van der Waals surface area contributed by atoms with E-state index in [1.54, 1.807) is 0 Å².